The molecule has 0 radical (unpaired) electrons. The molecule has 6 heteroatoms. The van der Waals surface area contributed by atoms with Gasteiger partial charge < -0.3 is 14.5 Å². The van der Waals surface area contributed by atoms with E-state index in [-0.39, 0.29) is 18.2 Å². The number of pyridine rings is 1. The quantitative estimate of drug-likeness (QED) is 0.753. The van der Waals surface area contributed by atoms with Crippen molar-refractivity contribution < 1.29 is 13.9 Å². The number of fused-ring (bicyclic) bond motifs is 1. The predicted octanol–water partition coefficient (Wildman–Crippen LogP) is 3.19. The van der Waals surface area contributed by atoms with Gasteiger partial charge in [-0.2, -0.15) is 0 Å². The lowest BCUT2D eigenvalue weighted by atomic mass is 10.2. The van der Waals surface area contributed by atoms with E-state index in [1.54, 1.807) is 6.20 Å². The normalized spacial score (nSPS) is 11.0. The first kappa shape index (κ1) is 16.0. The maximum atomic E-state index is 11.9. The first-order valence-electron chi connectivity index (χ1n) is 7.82. The summed E-state index contributed by atoms with van der Waals surface area (Å²) in [5.41, 5.74) is 1.03. The summed E-state index contributed by atoms with van der Waals surface area (Å²) in [5, 5.41) is 3.79. The zero-order chi connectivity index (χ0) is 16.9. The van der Waals surface area contributed by atoms with Crippen LogP contribution in [0.2, 0.25) is 0 Å². The number of ether oxygens (including phenoxy) is 1. The molecule has 0 fully saturated rings. The van der Waals surface area contributed by atoms with Crippen LogP contribution in [-0.4, -0.2) is 22.4 Å². The number of benzene rings is 1. The third kappa shape index (κ3) is 3.71. The van der Waals surface area contributed by atoms with Crippen molar-refractivity contribution in [1.82, 2.24) is 15.3 Å². The standard InChI is InChI=1S/C18H19N3O3/c1-12(2)9-20-18(22)14-10-24-16(21-14)11-23-15-7-3-5-13-6-4-8-19-17(13)15/h3-8,10,12H,9,11H2,1-2H3,(H,20,22). The number of hydrogen-bond acceptors (Lipinski definition) is 5. The molecular formula is C18H19N3O3. The van der Waals surface area contributed by atoms with Gasteiger partial charge >= 0.3 is 0 Å². The largest absolute Gasteiger partial charge is 0.482 e. The molecule has 0 aliphatic rings. The molecule has 24 heavy (non-hydrogen) atoms. The minimum absolute atomic E-state index is 0.132. The number of carbonyl (C=O) groups excluding carboxylic acids is 1. The third-order valence-electron chi connectivity index (χ3n) is 3.40. The Morgan fingerprint density at radius 2 is 2.12 bits per heavy atom. The second-order valence-corrected chi connectivity index (χ2v) is 5.85. The summed E-state index contributed by atoms with van der Waals surface area (Å²) < 4.78 is 11.1. The molecule has 0 atom stereocenters. The van der Waals surface area contributed by atoms with Crippen LogP contribution in [0.15, 0.2) is 47.2 Å². The highest BCUT2D eigenvalue weighted by atomic mass is 16.5. The summed E-state index contributed by atoms with van der Waals surface area (Å²) in [6, 6.07) is 9.56. The Balaban J connectivity index is 1.66. The third-order valence-corrected chi connectivity index (χ3v) is 3.40. The number of oxazole rings is 1. The summed E-state index contributed by atoms with van der Waals surface area (Å²) in [6.07, 6.45) is 3.06. The summed E-state index contributed by atoms with van der Waals surface area (Å²) in [5.74, 6) is 1.13. The Morgan fingerprint density at radius 3 is 2.96 bits per heavy atom. The lowest BCUT2D eigenvalue weighted by molar-refractivity contribution is 0.0944. The SMILES string of the molecule is CC(C)CNC(=O)c1coc(COc2cccc3cccnc23)n1. The van der Waals surface area contributed by atoms with Crippen molar-refractivity contribution in [1.29, 1.82) is 0 Å². The van der Waals surface area contributed by atoms with Crippen molar-refractivity contribution in [3.8, 4) is 5.75 Å². The Labute approximate surface area is 139 Å². The second-order valence-electron chi connectivity index (χ2n) is 5.85. The fourth-order valence-corrected chi connectivity index (χ4v) is 2.20. The number of amides is 1. The Kier molecular flexibility index (Phi) is 4.74. The van der Waals surface area contributed by atoms with E-state index in [0.29, 0.717) is 24.1 Å². The second kappa shape index (κ2) is 7.12. The van der Waals surface area contributed by atoms with Gasteiger partial charge in [0.05, 0.1) is 0 Å². The molecule has 0 spiro atoms. The van der Waals surface area contributed by atoms with Crippen LogP contribution in [-0.2, 0) is 6.61 Å². The smallest absolute Gasteiger partial charge is 0.273 e. The van der Waals surface area contributed by atoms with Crippen LogP contribution < -0.4 is 10.1 Å². The maximum absolute atomic E-state index is 11.9. The number of para-hydroxylation sites is 1. The zero-order valence-electron chi connectivity index (χ0n) is 13.7. The van der Waals surface area contributed by atoms with Gasteiger partial charge in [0.1, 0.15) is 17.5 Å². The lowest BCUT2D eigenvalue weighted by Gasteiger charge is -2.06. The first-order valence-corrected chi connectivity index (χ1v) is 7.82. The first-order chi connectivity index (χ1) is 11.6. The summed E-state index contributed by atoms with van der Waals surface area (Å²) in [6.45, 7) is 4.79. The molecule has 0 saturated heterocycles. The van der Waals surface area contributed by atoms with E-state index in [2.05, 4.69) is 15.3 Å². The van der Waals surface area contributed by atoms with Crippen molar-refractivity contribution in [2.45, 2.75) is 20.5 Å². The van der Waals surface area contributed by atoms with E-state index in [1.165, 1.54) is 6.26 Å². The number of rotatable bonds is 6. The minimum atomic E-state index is -0.245. The Morgan fingerprint density at radius 1 is 1.29 bits per heavy atom. The molecule has 0 aliphatic heterocycles. The maximum Gasteiger partial charge on any atom is 0.273 e. The molecule has 0 bridgehead atoms. The monoisotopic (exact) mass is 325 g/mol. The van der Waals surface area contributed by atoms with E-state index in [4.69, 9.17) is 9.15 Å². The van der Waals surface area contributed by atoms with Crippen LogP contribution in [0.3, 0.4) is 0 Å². The van der Waals surface area contributed by atoms with Gasteiger partial charge in [0.15, 0.2) is 12.3 Å². The number of carbonyl (C=O) groups is 1. The molecule has 1 N–H and O–H groups in total. The molecule has 1 aromatic carbocycles. The van der Waals surface area contributed by atoms with Crippen LogP contribution >= 0.6 is 0 Å². The molecule has 2 aromatic heterocycles. The highest BCUT2D eigenvalue weighted by Crippen LogP contribution is 2.23. The molecule has 2 heterocycles. The van der Waals surface area contributed by atoms with Crippen molar-refractivity contribution in [2.24, 2.45) is 5.92 Å². The highest BCUT2D eigenvalue weighted by Gasteiger charge is 2.13. The van der Waals surface area contributed by atoms with E-state index in [9.17, 15) is 4.79 Å². The van der Waals surface area contributed by atoms with Crippen LogP contribution in [0, 0.1) is 5.92 Å². The molecule has 1 amide bonds. The predicted molar refractivity (Wildman–Crippen MR) is 89.7 cm³/mol. The van der Waals surface area contributed by atoms with Gasteiger partial charge in [-0.05, 0) is 18.1 Å². The van der Waals surface area contributed by atoms with Gasteiger partial charge in [0, 0.05) is 18.1 Å². The molecular weight excluding hydrogens is 306 g/mol. The number of nitrogens with one attached hydrogen (secondary N) is 1. The van der Waals surface area contributed by atoms with Crippen LogP contribution in [0.25, 0.3) is 10.9 Å². The average Bonchev–Trinajstić information content (AvgIpc) is 3.07. The Bertz CT molecular complexity index is 837. The molecule has 3 aromatic rings. The van der Waals surface area contributed by atoms with E-state index >= 15 is 0 Å². The van der Waals surface area contributed by atoms with Gasteiger partial charge in [-0.1, -0.05) is 32.0 Å². The number of aromatic nitrogens is 2. The Hall–Kier alpha value is -2.89. The van der Waals surface area contributed by atoms with Crippen molar-refractivity contribution in [3.63, 3.8) is 0 Å². The fourth-order valence-electron chi connectivity index (χ4n) is 2.20. The molecule has 0 unspecified atom stereocenters. The molecule has 0 aliphatic carbocycles. The summed E-state index contributed by atoms with van der Waals surface area (Å²) in [7, 11) is 0. The molecule has 3 rings (SSSR count). The van der Waals surface area contributed by atoms with Gasteiger partial charge in [-0.15, -0.1) is 0 Å². The zero-order valence-corrected chi connectivity index (χ0v) is 13.7. The lowest BCUT2D eigenvalue weighted by Crippen LogP contribution is -2.27. The number of hydrogen-bond donors (Lipinski definition) is 1. The molecule has 0 saturated carbocycles. The number of nitrogens with zero attached hydrogens (tertiary/aromatic N) is 2. The van der Waals surface area contributed by atoms with Gasteiger partial charge in [-0.25, -0.2) is 4.98 Å². The van der Waals surface area contributed by atoms with Crippen molar-refractivity contribution in [2.75, 3.05) is 6.54 Å². The highest BCUT2D eigenvalue weighted by molar-refractivity contribution is 5.91. The van der Waals surface area contributed by atoms with Crippen molar-refractivity contribution >= 4 is 16.8 Å². The summed E-state index contributed by atoms with van der Waals surface area (Å²) >= 11 is 0. The van der Waals surface area contributed by atoms with E-state index in [0.717, 1.165) is 10.9 Å². The molecule has 124 valence electrons. The average molecular weight is 325 g/mol. The van der Waals surface area contributed by atoms with E-state index in [1.807, 2.05) is 44.2 Å². The molecule has 6 nitrogen and oxygen atoms in total. The van der Waals surface area contributed by atoms with Crippen LogP contribution in [0.1, 0.15) is 30.2 Å². The van der Waals surface area contributed by atoms with Gasteiger partial charge in [0.25, 0.3) is 5.91 Å². The summed E-state index contributed by atoms with van der Waals surface area (Å²) in [4.78, 5) is 20.4. The van der Waals surface area contributed by atoms with Crippen LogP contribution in [0.5, 0.6) is 5.75 Å². The van der Waals surface area contributed by atoms with Crippen LogP contribution in [0.4, 0.5) is 0 Å². The van der Waals surface area contributed by atoms with Crippen molar-refractivity contribution in [3.05, 3.63) is 54.4 Å². The van der Waals surface area contributed by atoms with E-state index < -0.39 is 0 Å². The minimum Gasteiger partial charge on any atom is -0.482 e. The van der Waals surface area contributed by atoms with Gasteiger partial charge in [-0.3, -0.25) is 9.78 Å². The topological polar surface area (TPSA) is 77.2 Å². The fraction of sp³-hybridized carbons (Fsp3) is 0.278. The van der Waals surface area contributed by atoms with Gasteiger partial charge in [0.2, 0.25) is 5.89 Å².